The van der Waals surface area contributed by atoms with E-state index < -0.39 is 0 Å². The van der Waals surface area contributed by atoms with Gasteiger partial charge in [0.2, 0.25) is 0 Å². The standard InChI is InChI=1S/C21H24N4O3/c1-24-10-15(14-6-7-23-9-18(14)24)16-11-25(12-17(16)22)21(26)13-4-5-19(27-2)20(8-13)28-3/h4-10,16-17H,11-12,22H2,1-3H3/t16-,17+/m0/s1. The summed E-state index contributed by atoms with van der Waals surface area (Å²) in [4.78, 5) is 19.1. The summed E-state index contributed by atoms with van der Waals surface area (Å²) in [7, 11) is 5.13. The van der Waals surface area contributed by atoms with E-state index in [-0.39, 0.29) is 17.9 Å². The van der Waals surface area contributed by atoms with Gasteiger partial charge in [0.15, 0.2) is 11.5 Å². The van der Waals surface area contributed by atoms with E-state index in [2.05, 4.69) is 15.7 Å². The monoisotopic (exact) mass is 380 g/mol. The second-order valence-electron chi connectivity index (χ2n) is 7.14. The Morgan fingerprint density at radius 1 is 1.18 bits per heavy atom. The average Bonchev–Trinajstić information content (AvgIpc) is 3.27. The van der Waals surface area contributed by atoms with E-state index in [9.17, 15) is 4.79 Å². The summed E-state index contributed by atoms with van der Waals surface area (Å²) >= 11 is 0. The van der Waals surface area contributed by atoms with Crippen molar-refractivity contribution in [1.82, 2.24) is 14.5 Å². The minimum absolute atomic E-state index is 0.0548. The minimum atomic E-state index is -0.122. The molecule has 7 heteroatoms. The van der Waals surface area contributed by atoms with Crippen LogP contribution in [0.4, 0.5) is 0 Å². The maximum absolute atomic E-state index is 13.1. The highest BCUT2D eigenvalue weighted by molar-refractivity contribution is 5.95. The number of carbonyl (C=O) groups excluding carboxylic acids is 1. The zero-order valence-electron chi connectivity index (χ0n) is 16.3. The third-order valence-corrected chi connectivity index (χ3v) is 5.51. The summed E-state index contributed by atoms with van der Waals surface area (Å²) in [6, 6.07) is 7.10. The summed E-state index contributed by atoms with van der Waals surface area (Å²) in [6.07, 6.45) is 5.74. The van der Waals surface area contributed by atoms with Crippen LogP contribution in [-0.4, -0.2) is 53.7 Å². The van der Waals surface area contributed by atoms with Gasteiger partial charge in [0.1, 0.15) is 0 Å². The van der Waals surface area contributed by atoms with Crippen molar-refractivity contribution in [3.8, 4) is 11.5 Å². The average molecular weight is 380 g/mol. The summed E-state index contributed by atoms with van der Waals surface area (Å²) in [5, 5.41) is 1.14. The maximum atomic E-state index is 13.1. The van der Waals surface area contributed by atoms with Crippen LogP contribution in [0.3, 0.4) is 0 Å². The number of likely N-dealkylation sites (tertiary alicyclic amines) is 1. The topological polar surface area (TPSA) is 82.6 Å². The summed E-state index contributed by atoms with van der Waals surface area (Å²) in [5.41, 5.74) is 9.24. The number of nitrogens with two attached hydrogens (primary N) is 1. The molecule has 7 nitrogen and oxygen atoms in total. The molecule has 4 rings (SSSR count). The highest BCUT2D eigenvalue weighted by Crippen LogP contribution is 2.34. The van der Waals surface area contributed by atoms with Gasteiger partial charge in [-0.2, -0.15) is 0 Å². The van der Waals surface area contributed by atoms with Crippen molar-refractivity contribution in [3.05, 3.63) is 54.0 Å². The molecule has 0 bridgehead atoms. The molecule has 0 unspecified atom stereocenters. The van der Waals surface area contributed by atoms with Crippen molar-refractivity contribution in [2.45, 2.75) is 12.0 Å². The van der Waals surface area contributed by atoms with Crippen LogP contribution in [0.2, 0.25) is 0 Å². The van der Waals surface area contributed by atoms with Gasteiger partial charge in [-0.1, -0.05) is 0 Å². The number of pyridine rings is 1. The molecule has 2 N–H and O–H groups in total. The lowest BCUT2D eigenvalue weighted by Gasteiger charge is -2.17. The number of ether oxygens (including phenoxy) is 2. The van der Waals surface area contributed by atoms with Crippen molar-refractivity contribution in [2.24, 2.45) is 12.8 Å². The van der Waals surface area contributed by atoms with Gasteiger partial charge in [0.05, 0.1) is 25.9 Å². The first kappa shape index (κ1) is 18.3. The van der Waals surface area contributed by atoms with E-state index in [0.717, 1.165) is 16.5 Å². The Morgan fingerprint density at radius 3 is 2.71 bits per heavy atom. The number of nitrogens with zero attached hydrogens (tertiary/aromatic N) is 3. The molecule has 146 valence electrons. The lowest BCUT2D eigenvalue weighted by molar-refractivity contribution is 0.0788. The van der Waals surface area contributed by atoms with Crippen molar-refractivity contribution in [3.63, 3.8) is 0 Å². The Kier molecular flexibility index (Phi) is 4.68. The van der Waals surface area contributed by atoms with Crippen LogP contribution in [0.5, 0.6) is 11.5 Å². The number of hydrogen-bond acceptors (Lipinski definition) is 5. The van der Waals surface area contributed by atoms with Crippen molar-refractivity contribution in [2.75, 3.05) is 27.3 Å². The molecule has 1 fully saturated rings. The number of carbonyl (C=O) groups is 1. The quantitative estimate of drug-likeness (QED) is 0.750. The molecule has 0 spiro atoms. The highest BCUT2D eigenvalue weighted by atomic mass is 16.5. The molecule has 0 saturated carbocycles. The Bertz CT molecular complexity index is 1030. The molecular formula is C21H24N4O3. The predicted molar refractivity (Wildman–Crippen MR) is 107 cm³/mol. The molecule has 1 aliphatic rings. The van der Waals surface area contributed by atoms with Gasteiger partial charge in [-0.05, 0) is 29.8 Å². The zero-order chi connectivity index (χ0) is 19.8. The van der Waals surface area contributed by atoms with Crippen LogP contribution in [-0.2, 0) is 7.05 Å². The third kappa shape index (κ3) is 2.97. The first-order chi connectivity index (χ1) is 13.5. The van der Waals surface area contributed by atoms with Gasteiger partial charge in [-0.3, -0.25) is 9.78 Å². The van der Waals surface area contributed by atoms with Gasteiger partial charge in [-0.25, -0.2) is 0 Å². The van der Waals surface area contributed by atoms with Crippen molar-refractivity contribution < 1.29 is 14.3 Å². The molecule has 0 aliphatic carbocycles. The molecule has 2 atom stereocenters. The zero-order valence-corrected chi connectivity index (χ0v) is 16.3. The molecule has 0 radical (unpaired) electrons. The van der Waals surface area contributed by atoms with E-state index >= 15 is 0 Å². The van der Waals surface area contributed by atoms with Crippen LogP contribution in [0.15, 0.2) is 42.9 Å². The van der Waals surface area contributed by atoms with E-state index in [1.807, 2.05) is 24.2 Å². The van der Waals surface area contributed by atoms with Gasteiger partial charge in [0.25, 0.3) is 5.91 Å². The van der Waals surface area contributed by atoms with Gasteiger partial charge in [-0.15, -0.1) is 0 Å². The number of hydrogen-bond donors (Lipinski definition) is 1. The largest absolute Gasteiger partial charge is 0.493 e. The van der Waals surface area contributed by atoms with E-state index in [1.165, 1.54) is 0 Å². The molecule has 1 amide bonds. The molecule has 1 aromatic carbocycles. The molecule has 28 heavy (non-hydrogen) atoms. The SMILES string of the molecule is COc1ccc(C(=O)N2C[C@@H](N)[C@H](c3cn(C)c4cnccc34)C2)cc1OC. The molecule has 1 aliphatic heterocycles. The maximum Gasteiger partial charge on any atom is 0.254 e. The Labute approximate surface area is 163 Å². The van der Waals surface area contributed by atoms with Crippen LogP contribution in [0.25, 0.3) is 10.9 Å². The number of fused-ring (bicyclic) bond motifs is 1. The van der Waals surface area contributed by atoms with Gasteiger partial charge < -0.3 is 24.7 Å². The first-order valence-electron chi connectivity index (χ1n) is 9.19. The number of aromatic nitrogens is 2. The molecule has 3 heterocycles. The normalized spacial score (nSPS) is 19.2. The molecule has 3 aromatic rings. The van der Waals surface area contributed by atoms with Gasteiger partial charge in [0, 0.05) is 55.4 Å². The van der Waals surface area contributed by atoms with Crippen LogP contribution < -0.4 is 15.2 Å². The number of amides is 1. The highest BCUT2D eigenvalue weighted by Gasteiger charge is 2.36. The lowest BCUT2D eigenvalue weighted by atomic mass is 9.95. The van der Waals surface area contributed by atoms with Crippen molar-refractivity contribution >= 4 is 16.8 Å². The summed E-state index contributed by atoms with van der Waals surface area (Å²) in [5.74, 6) is 1.16. The van der Waals surface area contributed by atoms with E-state index in [4.69, 9.17) is 15.2 Å². The van der Waals surface area contributed by atoms with E-state index in [1.54, 1.807) is 38.6 Å². The fourth-order valence-corrected chi connectivity index (χ4v) is 4.03. The number of rotatable bonds is 4. The second-order valence-corrected chi connectivity index (χ2v) is 7.14. The second kappa shape index (κ2) is 7.16. The summed E-state index contributed by atoms with van der Waals surface area (Å²) < 4.78 is 12.6. The fourth-order valence-electron chi connectivity index (χ4n) is 4.03. The first-order valence-corrected chi connectivity index (χ1v) is 9.19. The van der Waals surface area contributed by atoms with Crippen molar-refractivity contribution in [1.29, 1.82) is 0 Å². The summed E-state index contributed by atoms with van der Waals surface area (Å²) in [6.45, 7) is 1.09. The number of benzene rings is 1. The third-order valence-electron chi connectivity index (χ3n) is 5.51. The van der Waals surface area contributed by atoms with Gasteiger partial charge >= 0.3 is 0 Å². The van der Waals surface area contributed by atoms with E-state index in [0.29, 0.717) is 30.2 Å². The smallest absolute Gasteiger partial charge is 0.254 e. The van der Waals surface area contributed by atoms with Crippen LogP contribution >= 0.6 is 0 Å². The predicted octanol–water partition coefficient (Wildman–Crippen LogP) is 2.16. The number of methoxy groups -OCH3 is 2. The number of aryl methyl sites for hydroxylation is 1. The fraction of sp³-hybridized carbons (Fsp3) is 0.333. The molecular weight excluding hydrogens is 356 g/mol. The van der Waals surface area contributed by atoms with Crippen LogP contribution in [0, 0.1) is 0 Å². The minimum Gasteiger partial charge on any atom is -0.493 e. The van der Waals surface area contributed by atoms with Crippen LogP contribution in [0.1, 0.15) is 21.8 Å². The molecule has 2 aromatic heterocycles. The Hall–Kier alpha value is -3.06. The molecule has 1 saturated heterocycles. The lowest BCUT2D eigenvalue weighted by Crippen LogP contribution is -2.32. The Morgan fingerprint density at radius 2 is 1.96 bits per heavy atom. The Balaban J connectivity index is 1.61.